The molecule has 0 aromatic rings. The van der Waals surface area contributed by atoms with Gasteiger partial charge in [-0.15, -0.1) is 0 Å². The van der Waals surface area contributed by atoms with Crippen molar-refractivity contribution in [2.45, 2.75) is 32.6 Å². The van der Waals surface area contributed by atoms with E-state index in [2.05, 4.69) is 16.6 Å². The van der Waals surface area contributed by atoms with E-state index in [1.54, 1.807) is 0 Å². The summed E-state index contributed by atoms with van der Waals surface area (Å²) in [6, 6.07) is 0. The number of nitrogens with one attached hydrogen (secondary N) is 1. The molecule has 0 saturated heterocycles. The van der Waals surface area contributed by atoms with Gasteiger partial charge in [0.1, 0.15) is 0 Å². The first-order chi connectivity index (χ1) is 7.54. The third-order valence-electron chi connectivity index (χ3n) is 1.27. The lowest BCUT2D eigenvalue weighted by atomic mass is 10.2. The molecule has 0 radical (unpaired) electrons. The van der Waals surface area contributed by atoms with Crippen LogP contribution in [0.15, 0.2) is 0 Å². The van der Waals surface area contributed by atoms with Gasteiger partial charge in [-0.2, -0.15) is 0 Å². The van der Waals surface area contributed by atoms with Gasteiger partial charge in [-0.3, -0.25) is 0 Å². The summed E-state index contributed by atoms with van der Waals surface area (Å²) in [4.78, 5) is 25.7. The number of hydrogen-bond donors (Lipinski definition) is 4. The summed E-state index contributed by atoms with van der Waals surface area (Å²) in [6.07, 6.45) is 1.31. The van der Waals surface area contributed by atoms with Crippen molar-refractivity contribution in [1.82, 2.24) is 5.64 Å². The molecule has 0 spiro atoms. The van der Waals surface area contributed by atoms with Gasteiger partial charge < -0.3 is 25.0 Å². The fraction of sp³-hybridized carbons (Fsp3) is 0.750. The van der Waals surface area contributed by atoms with E-state index in [1.165, 1.54) is 24.9 Å². The minimum Gasteiger partial charge on any atom is -0.448 e. The van der Waals surface area contributed by atoms with E-state index in [0.717, 1.165) is 6.42 Å². The van der Waals surface area contributed by atoms with Gasteiger partial charge in [0, 0.05) is 12.3 Å². The fourth-order valence-corrected chi connectivity index (χ4v) is 0.631. The first-order valence-corrected chi connectivity index (χ1v) is 4.70. The molecule has 0 fully saturated rings. The van der Waals surface area contributed by atoms with Crippen molar-refractivity contribution in [2.24, 2.45) is 0 Å². The van der Waals surface area contributed by atoms with Crippen LogP contribution in [0, 0.1) is 0 Å². The molecular formula is C8H17NO7. The first kappa shape index (κ1) is 16.9. The highest BCUT2D eigenvalue weighted by Gasteiger charge is 1.98. The Morgan fingerprint density at radius 2 is 1.56 bits per heavy atom. The lowest BCUT2D eigenvalue weighted by molar-refractivity contribution is -0.113. The Morgan fingerprint density at radius 1 is 1.06 bits per heavy atom. The summed E-state index contributed by atoms with van der Waals surface area (Å²) in [7, 11) is 0. The second-order valence-electron chi connectivity index (χ2n) is 2.60. The van der Waals surface area contributed by atoms with Crippen molar-refractivity contribution in [3.63, 3.8) is 0 Å². The predicted molar refractivity (Wildman–Crippen MR) is 52.6 cm³/mol. The number of carboxylic acid groups (broad SMARTS) is 2. The molecule has 0 unspecified atom stereocenters. The maximum absolute atomic E-state index is 9.42. The number of rotatable bonds is 6. The molecule has 8 nitrogen and oxygen atoms in total. The lowest BCUT2D eigenvalue weighted by Gasteiger charge is -1.96. The van der Waals surface area contributed by atoms with Gasteiger partial charge >= 0.3 is 12.3 Å². The maximum atomic E-state index is 9.42. The van der Waals surface area contributed by atoms with Crippen LogP contribution in [0.5, 0.6) is 0 Å². The molecule has 0 aromatic heterocycles. The zero-order valence-corrected chi connectivity index (χ0v) is 9.01. The molecule has 0 atom stereocenters. The highest BCUT2D eigenvalue weighted by atomic mass is 17.0. The van der Waals surface area contributed by atoms with Gasteiger partial charge in [0.05, 0.1) is 0 Å². The predicted octanol–water partition coefficient (Wildman–Crippen LogP) is 1.35. The van der Waals surface area contributed by atoms with Crippen LogP contribution in [0.1, 0.15) is 32.6 Å². The average molecular weight is 239 g/mol. The summed E-state index contributed by atoms with van der Waals surface area (Å²) in [6.45, 7) is 2.53. The number of hydrogen-bond acceptors (Lipinski definition) is 6. The summed E-state index contributed by atoms with van der Waals surface area (Å²) in [5.74, 6) is 0. The second-order valence-corrected chi connectivity index (χ2v) is 2.60. The van der Waals surface area contributed by atoms with Gasteiger partial charge in [0.25, 0.3) is 0 Å². The maximum Gasteiger partial charge on any atom is 0.527 e. The highest BCUT2D eigenvalue weighted by Crippen LogP contribution is 1.96. The minimum atomic E-state index is -1.68. The van der Waals surface area contributed by atoms with Gasteiger partial charge in [-0.05, 0) is 6.42 Å². The molecule has 0 rings (SSSR count). The first-order valence-electron chi connectivity index (χ1n) is 4.70. The number of carbonyl (C=O) groups is 2. The smallest absolute Gasteiger partial charge is 0.448 e. The SMILES string of the molecule is CCCCCCO.O=C(O)ONOC(=O)O. The van der Waals surface area contributed by atoms with E-state index in [1.807, 2.05) is 0 Å². The summed E-state index contributed by atoms with van der Waals surface area (Å²) < 4.78 is 0. The quantitative estimate of drug-likeness (QED) is 0.404. The third kappa shape index (κ3) is 22.9. The molecule has 16 heavy (non-hydrogen) atoms. The molecule has 0 aliphatic rings. The number of aliphatic hydroxyl groups excluding tert-OH is 1. The zero-order chi connectivity index (χ0) is 12.8. The minimum absolute atomic E-state index is 0.361. The molecule has 0 saturated carbocycles. The Labute approximate surface area is 92.7 Å². The molecular weight excluding hydrogens is 222 g/mol. The summed E-state index contributed by atoms with van der Waals surface area (Å²) in [5, 5.41) is 23.6. The molecule has 0 heterocycles. The standard InChI is InChI=1S/C6H14O.C2H3NO6/c1-2-3-4-5-6-7;4-1(5)8-3-9-2(6)7/h7H,2-6H2,1H3;3H,(H,4,5)(H,6,7). The number of unbranched alkanes of at least 4 members (excludes halogenated alkanes) is 3. The summed E-state index contributed by atoms with van der Waals surface area (Å²) in [5.41, 5.74) is 1.19. The zero-order valence-electron chi connectivity index (χ0n) is 9.01. The van der Waals surface area contributed by atoms with Crippen molar-refractivity contribution in [2.75, 3.05) is 6.61 Å². The Morgan fingerprint density at radius 3 is 1.88 bits per heavy atom. The van der Waals surface area contributed by atoms with Gasteiger partial charge in [0.15, 0.2) is 0 Å². The van der Waals surface area contributed by atoms with Crippen LogP contribution in [0.4, 0.5) is 9.59 Å². The van der Waals surface area contributed by atoms with E-state index in [4.69, 9.17) is 15.3 Å². The second kappa shape index (κ2) is 13.5. The normalized spacial score (nSPS) is 8.62. The van der Waals surface area contributed by atoms with Gasteiger partial charge in [-0.25, -0.2) is 9.59 Å². The monoisotopic (exact) mass is 239 g/mol. The molecule has 0 bridgehead atoms. The van der Waals surface area contributed by atoms with Crippen molar-refractivity contribution in [3.05, 3.63) is 0 Å². The molecule has 4 N–H and O–H groups in total. The molecule has 0 aromatic carbocycles. The van der Waals surface area contributed by atoms with Crippen LogP contribution in [-0.4, -0.2) is 34.2 Å². The Kier molecular flexibility index (Phi) is 14.2. The van der Waals surface area contributed by atoms with Crippen LogP contribution in [0.25, 0.3) is 0 Å². The highest BCUT2D eigenvalue weighted by molar-refractivity contribution is 5.57. The molecule has 0 aliphatic carbocycles. The fourth-order valence-electron chi connectivity index (χ4n) is 0.631. The van der Waals surface area contributed by atoms with Crippen LogP contribution >= 0.6 is 0 Å². The van der Waals surface area contributed by atoms with Crippen molar-refractivity contribution in [3.8, 4) is 0 Å². The molecule has 8 heteroatoms. The Balaban J connectivity index is 0. The largest absolute Gasteiger partial charge is 0.527 e. The topological polar surface area (TPSA) is 125 Å². The number of aliphatic hydroxyl groups is 1. The van der Waals surface area contributed by atoms with E-state index in [9.17, 15) is 9.59 Å². The van der Waals surface area contributed by atoms with Crippen molar-refractivity contribution in [1.29, 1.82) is 0 Å². The van der Waals surface area contributed by atoms with Crippen LogP contribution < -0.4 is 5.64 Å². The summed E-state index contributed by atoms with van der Waals surface area (Å²) >= 11 is 0. The molecule has 0 amide bonds. The molecule has 0 aliphatic heterocycles. The Hall–Kier alpha value is -1.54. The van der Waals surface area contributed by atoms with Crippen LogP contribution in [0.3, 0.4) is 0 Å². The van der Waals surface area contributed by atoms with Gasteiger partial charge in [0.2, 0.25) is 0 Å². The van der Waals surface area contributed by atoms with E-state index >= 15 is 0 Å². The average Bonchev–Trinajstić information content (AvgIpc) is 2.18. The van der Waals surface area contributed by atoms with Crippen molar-refractivity contribution < 1.29 is 34.6 Å². The van der Waals surface area contributed by atoms with Crippen LogP contribution in [-0.2, 0) is 9.68 Å². The van der Waals surface area contributed by atoms with Crippen LogP contribution in [0.2, 0.25) is 0 Å². The van der Waals surface area contributed by atoms with Gasteiger partial charge in [-0.1, -0.05) is 26.2 Å². The third-order valence-corrected chi connectivity index (χ3v) is 1.27. The Bertz CT molecular complexity index is 167. The molecule has 96 valence electrons. The lowest BCUT2D eigenvalue weighted by Crippen LogP contribution is -2.21. The van der Waals surface area contributed by atoms with E-state index < -0.39 is 12.3 Å². The van der Waals surface area contributed by atoms with E-state index in [0.29, 0.717) is 6.61 Å². The van der Waals surface area contributed by atoms with E-state index in [-0.39, 0.29) is 0 Å². The van der Waals surface area contributed by atoms with Crippen molar-refractivity contribution >= 4 is 12.3 Å².